The molecule has 4 rings (SSSR count). The molecule has 154 valence electrons. The summed E-state index contributed by atoms with van der Waals surface area (Å²) in [5.74, 6) is -4.28. The van der Waals surface area contributed by atoms with Gasteiger partial charge in [-0.3, -0.25) is 4.99 Å². The standard InChI is InChI=1S/C18H8ClF5N4O2/c19-14-7(18(22,23)24)4-5-10-13(14)15(12-8(20)2-1-3-9(12)21)25-6-11-26-16(17(29)30)27-28(10)11/h1-5H,6H2,(H,29,30). The number of alkyl halides is 3. The highest BCUT2D eigenvalue weighted by molar-refractivity contribution is 6.37. The van der Waals surface area contributed by atoms with E-state index >= 15 is 0 Å². The van der Waals surface area contributed by atoms with Crippen LogP contribution < -0.4 is 0 Å². The maximum Gasteiger partial charge on any atom is 0.417 e. The summed E-state index contributed by atoms with van der Waals surface area (Å²) in [6.07, 6.45) is -4.87. The third-order valence-electron chi connectivity index (χ3n) is 4.33. The molecule has 1 aliphatic heterocycles. The number of hydrogen-bond acceptors (Lipinski definition) is 4. The normalized spacial score (nSPS) is 13.3. The summed E-state index contributed by atoms with van der Waals surface area (Å²) in [4.78, 5) is 19.0. The molecule has 1 N–H and O–H groups in total. The molecule has 2 heterocycles. The van der Waals surface area contributed by atoms with Gasteiger partial charge in [-0.1, -0.05) is 17.7 Å². The van der Waals surface area contributed by atoms with Gasteiger partial charge >= 0.3 is 12.1 Å². The number of aromatic carboxylic acids is 1. The van der Waals surface area contributed by atoms with E-state index in [2.05, 4.69) is 15.1 Å². The van der Waals surface area contributed by atoms with Crippen LogP contribution in [-0.4, -0.2) is 31.6 Å². The fourth-order valence-electron chi connectivity index (χ4n) is 3.07. The Morgan fingerprint density at radius 1 is 1.10 bits per heavy atom. The van der Waals surface area contributed by atoms with E-state index in [1.54, 1.807) is 0 Å². The van der Waals surface area contributed by atoms with Crippen LogP contribution in [0.25, 0.3) is 5.69 Å². The zero-order valence-electron chi connectivity index (χ0n) is 14.5. The molecular weight excluding hydrogens is 435 g/mol. The SMILES string of the molecule is O=C(O)c1nc2n(n1)-c1ccc(C(F)(F)F)c(Cl)c1C(c1c(F)cccc1F)=NC2. The van der Waals surface area contributed by atoms with Crippen molar-refractivity contribution in [3.63, 3.8) is 0 Å². The Morgan fingerprint density at radius 3 is 2.37 bits per heavy atom. The third-order valence-corrected chi connectivity index (χ3v) is 4.73. The highest BCUT2D eigenvalue weighted by Gasteiger charge is 2.37. The van der Waals surface area contributed by atoms with Crippen molar-refractivity contribution >= 4 is 23.3 Å². The van der Waals surface area contributed by atoms with Gasteiger partial charge in [0.25, 0.3) is 5.82 Å². The molecule has 30 heavy (non-hydrogen) atoms. The predicted molar refractivity (Wildman–Crippen MR) is 94.0 cm³/mol. The first-order valence-corrected chi connectivity index (χ1v) is 8.56. The van der Waals surface area contributed by atoms with Crippen LogP contribution in [-0.2, 0) is 12.7 Å². The third kappa shape index (κ3) is 3.11. The van der Waals surface area contributed by atoms with Crippen LogP contribution in [0.15, 0.2) is 35.3 Å². The molecule has 0 atom stereocenters. The predicted octanol–water partition coefficient (Wildman–Crippen LogP) is 4.27. The molecule has 1 aliphatic rings. The van der Waals surface area contributed by atoms with Gasteiger partial charge in [0.1, 0.15) is 11.6 Å². The van der Waals surface area contributed by atoms with Crippen molar-refractivity contribution in [3.8, 4) is 5.69 Å². The van der Waals surface area contributed by atoms with Gasteiger partial charge in [0.2, 0.25) is 0 Å². The number of carboxylic acid groups (broad SMARTS) is 1. The largest absolute Gasteiger partial charge is 0.475 e. The summed E-state index contributed by atoms with van der Waals surface area (Å²) in [7, 11) is 0. The number of hydrogen-bond donors (Lipinski definition) is 1. The van der Waals surface area contributed by atoms with Crippen molar-refractivity contribution in [1.82, 2.24) is 14.8 Å². The number of nitrogens with zero attached hydrogens (tertiary/aromatic N) is 4. The first-order chi connectivity index (χ1) is 14.1. The Balaban J connectivity index is 2.09. The topological polar surface area (TPSA) is 80.4 Å². The fourth-order valence-corrected chi connectivity index (χ4v) is 3.43. The summed E-state index contributed by atoms with van der Waals surface area (Å²) in [6.45, 7) is -0.407. The minimum atomic E-state index is -4.87. The van der Waals surface area contributed by atoms with Crippen LogP contribution in [0.2, 0.25) is 5.02 Å². The second-order valence-electron chi connectivity index (χ2n) is 6.15. The van der Waals surface area contributed by atoms with Crippen molar-refractivity contribution in [2.45, 2.75) is 12.7 Å². The molecule has 0 fully saturated rings. The summed E-state index contributed by atoms with van der Waals surface area (Å²) < 4.78 is 70.1. The van der Waals surface area contributed by atoms with Crippen molar-refractivity contribution < 1.29 is 31.9 Å². The van der Waals surface area contributed by atoms with E-state index in [1.807, 2.05) is 0 Å². The van der Waals surface area contributed by atoms with Gasteiger partial charge in [0.15, 0.2) is 5.82 Å². The van der Waals surface area contributed by atoms with Gasteiger partial charge in [-0.05, 0) is 24.3 Å². The van der Waals surface area contributed by atoms with Crippen molar-refractivity contribution in [2.24, 2.45) is 4.99 Å². The second-order valence-corrected chi connectivity index (χ2v) is 6.53. The minimum absolute atomic E-state index is 0.0591. The minimum Gasteiger partial charge on any atom is -0.475 e. The van der Waals surface area contributed by atoms with Crippen LogP contribution >= 0.6 is 11.6 Å². The first-order valence-electron chi connectivity index (χ1n) is 8.18. The lowest BCUT2D eigenvalue weighted by Crippen LogP contribution is -2.16. The fraction of sp³-hybridized carbons (Fsp3) is 0.111. The molecule has 2 aromatic carbocycles. The van der Waals surface area contributed by atoms with E-state index in [1.165, 1.54) is 0 Å². The van der Waals surface area contributed by atoms with Gasteiger partial charge in [0.05, 0.1) is 34.1 Å². The molecule has 0 saturated carbocycles. The molecule has 1 aromatic heterocycles. The number of carbonyl (C=O) groups is 1. The lowest BCUT2D eigenvalue weighted by molar-refractivity contribution is -0.137. The number of aliphatic imine (C=N–C) groups is 1. The summed E-state index contributed by atoms with van der Waals surface area (Å²) in [5.41, 5.74) is -3.00. The molecule has 0 saturated heterocycles. The Bertz CT molecular complexity index is 1220. The van der Waals surface area contributed by atoms with E-state index in [9.17, 15) is 26.7 Å². The number of fused-ring (bicyclic) bond motifs is 3. The lowest BCUT2D eigenvalue weighted by atomic mass is 9.97. The van der Waals surface area contributed by atoms with E-state index in [0.717, 1.165) is 28.9 Å². The van der Waals surface area contributed by atoms with Crippen LogP contribution in [0.4, 0.5) is 22.0 Å². The summed E-state index contributed by atoms with van der Waals surface area (Å²) in [5, 5.41) is 12.0. The van der Waals surface area contributed by atoms with Gasteiger partial charge < -0.3 is 5.11 Å². The van der Waals surface area contributed by atoms with E-state index < -0.39 is 63.6 Å². The quantitative estimate of drug-likeness (QED) is 0.601. The molecule has 0 bridgehead atoms. The molecule has 0 amide bonds. The van der Waals surface area contributed by atoms with Crippen LogP contribution in [0.5, 0.6) is 0 Å². The molecular formula is C18H8ClF5N4O2. The molecule has 0 aliphatic carbocycles. The zero-order valence-corrected chi connectivity index (χ0v) is 15.3. The monoisotopic (exact) mass is 442 g/mol. The lowest BCUT2D eigenvalue weighted by Gasteiger charge is -2.17. The Morgan fingerprint density at radius 2 is 1.77 bits per heavy atom. The van der Waals surface area contributed by atoms with Gasteiger partial charge in [-0.25, -0.2) is 23.2 Å². The van der Waals surface area contributed by atoms with Gasteiger partial charge in [-0.15, -0.1) is 5.10 Å². The molecule has 3 aromatic rings. The molecule has 6 nitrogen and oxygen atoms in total. The molecule has 0 radical (unpaired) electrons. The number of benzene rings is 2. The summed E-state index contributed by atoms with van der Waals surface area (Å²) in [6, 6.07) is 4.56. The average molecular weight is 443 g/mol. The molecule has 12 heteroatoms. The number of rotatable bonds is 2. The van der Waals surface area contributed by atoms with Crippen molar-refractivity contribution in [1.29, 1.82) is 0 Å². The van der Waals surface area contributed by atoms with Crippen molar-refractivity contribution in [3.05, 3.63) is 75.3 Å². The van der Waals surface area contributed by atoms with Crippen LogP contribution in [0, 0.1) is 11.6 Å². The summed E-state index contributed by atoms with van der Waals surface area (Å²) >= 11 is 6.05. The molecule has 0 spiro atoms. The highest BCUT2D eigenvalue weighted by atomic mass is 35.5. The Hall–Kier alpha value is -3.34. The van der Waals surface area contributed by atoms with Gasteiger partial charge in [-0.2, -0.15) is 13.2 Å². The van der Waals surface area contributed by atoms with Crippen LogP contribution in [0.3, 0.4) is 0 Å². The van der Waals surface area contributed by atoms with Gasteiger partial charge in [0, 0.05) is 5.56 Å². The second kappa shape index (κ2) is 6.87. The van der Waals surface area contributed by atoms with E-state index in [4.69, 9.17) is 16.7 Å². The smallest absolute Gasteiger partial charge is 0.417 e. The van der Waals surface area contributed by atoms with E-state index in [-0.39, 0.29) is 11.5 Å². The average Bonchev–Trinajstić information content (AvgIpc) is 3.01. The number of halogens is 6. The number of carboxylic acids is 1. The van der Waals surface area contributed by atoms with E-state index in [0.29, 0.717) is 6.07 Å². The van der Waals surface area contributed by atoms with Crippen LogP contribution in [0.1, 0.15) is 33.1 Å². The Kier molecular flexibility index (Phi) is 4.57. The zero-order chi connectivity index (χ0) is 21.8. The molecule has 0 unspecified atom stereocenters. The maximum absolute atomic E-state index is 14.5. The Labute approximate surface area is 169 Å². The first kappa shape index (κ1) is 20.0. The van der Waals surface area contributed by atoms with Crippen molar-refractivity contribution in [2.75, 3.05) is 0 Å². The highest BCUT2D eigenvalue weighted by Crippen LogP contribution is 2.40. The maximum atomic E-state index is 14.5. The number of aromatic nitrogens is 3.